The first-order valence-electron chi connectivity index (χ1n) is 6.48. The van der Waals surface area contributed by atoms with Gasteiger partial charge in [-0.15, -0.1) is 0 Å². The Morgan fingerprint density at radius 1 is 1.30 bits per heavy atom. The molecule has 0 bridgehead atoms. The van der Waals surface area contributed by atoms with Crippen molar-refractivity contribution in [1.29, 1.82) is 0 Å². The largest absolute Gasteiger partial charge is 0.435 e. The second-order valence-corrected chi connectivity index (χ2v) is 4.40. The van der Waals surface area contributed by atoms with E-state index in [1.165, 1.54) is 6.07 Å². The van der Waals surface area contributed by atoms with Crippen molar-refractivity contribution >= 4 is 0 Å². The Labute approximate surface area is 116 Å². The van der Waals surface area contributed by atoms with Crippen molar-refractivity contribution in [3.05, 3.63) is 36.3 Å². The summed E-state index contributed by atoms with van der Waals surface area (Å²) >= 11 is 0. The van der Waals surface area contributed by atoms with E-state index in [0.29, 0.717) is 6.54 Å². The molecule has 4 nitrogen and oxygen atoms in total. The molecule has 0 aliphatic heterocycles. The van der Waals surface area contributed by atoms with Gasteiger partial charge >= 0.3 is 6.61 Å². The molecular weight excluding hydrogens is 264 g/mol. The number of nitrogens with two attached hydrogens (primary N) is 1. The summed E-state index contributed by atoms with van der Waals surface area (Å²) in [4.78, 5) is 7.44. The van der Waals surface area contributed by atoms with Gasteiger partial charge in [0.25, 0.3) is 0 Å². The minimum atomic E-state index is -2.82. The van der Waals surface area contributed by atoms with E-state index in [4.69, 9.17) is 5.73 Å². The number of H-pyrrole nitrogens is 1. The summed E-state index contributed by atoms with van der Waals surface area (Å²) < 4.78 is 28.7. The van der Waals surface area contributed by atoms with Gasteiger partial charge in [0.1, 0.15) is 11.6 Å². The lowest BCUT2D eigenvalue weighted by Crippen LogP contribution is -2.01. The highest BCUT2D eigenvalue weighted by Gasteiger charge is 2.07. The maximum atomic E-state index is 12.2. The summed E-state index contributed by atoms with van der Waals surface area (Å²) in [5.41, 5.74) is 6.99. The van der Waals surface area contributed by atoms with Crippen LogP contribution in [0.2, 0.25) is 0 Å². The Morgan fingerprint density at radius 2 is 2.15 bits per heavy atom. The van der Waals surface area contributed by atoms with Crippen LogP contribution in [0.15, 0.2) is 30.5 Å². The van der Waals surface area contributed by atoms with Crippen molar-refractivity contribution in [2.24, 2.45) is 5.73 Å². The van der Waals surface area contributed by atoms with E-state index < -0.39 is 6.61 Å². The number of nitrogens with zero attached hydrogens (tertiary/aromatic N) is 1. The number of aryl methyl sites for hydroxylation is 1. The van der Waals surface area contributed by atoms with E-state index >= 15 is 0 Å². The summed E-state index contributed by atoms with van der Waals surface area (Å²) in [6.07, 6.45) is 4.44. The standard InChI is InChI=1S/C14H17F2N3O/c15-14(16)20-11-5-3-4-10(8-11)12-9-18-13(19-12)6-1-2-7-17/h3-5,8-9,14H,1-2,6-7,17H2,(H,18,19). The number of unbranched alkanes of at least 4 members (excludes halogenated alkanes) is 1. The lowest BCUT2D eigenvalue weighted by molar-refractivity contribution is -0.0498. The molecule has 0 saturated carbocycles. The van der Waals surface area contributed by atoms with E-state index in [0.717, 1.165) is 36.3 Å². The topological polar surface area (TPSA) is 63.9 Å². The number of alkyl halides is 2. The minimum absolute atomic E-state index is 0.136. The van der Waals surface area contributed by atoms with Gasteiger partial charge in [-0.1, -0.05) is 12.1 Å². The zero-order valence-corrected chi connectivity index (χ0v) is 11.0. The van der Waals surface area contributed by atoms with Gasteiger partial charge in [-0.25, -0.2) is 4.98 Å². The lowest BCUT2D eigenvalue weighted by Gasteiger charge is -2.05. The van der Waals surface area contributed by atoms with Crippen molar-refractivity contribution in [2.45, 2.75) is 25.9 Å². The highest BCUT2D eigenvalue weighted by molar-refractivity contribution is 5.60. The second kappa shape index (κ2) is 7.00. The van der Waals surface area contributed by atoms with Crippen LogP contribution >= 0.6 is 0 Å². The molecule has 1 aromatic heterocycles. The fraction of sp³-hybridized carbons (Fsp3) is 0.357. The van der Waals surface area contributed by atoms with Gasteiger partial charge in [-0.05, 0) is 31.5 Å². The second-order valence-electron chi connectivity index (χ2n) is 4.40. The van der Waals surface area contributed by atoms with Gasteiger partial charge in [-0.2, -0.15) is 8.78 Å². The van der Waals surface area contributed by atoms with Gasteiger partial charge in [-0.3, -0.25) is 0 Å². The van der Waals surface area contributed by atoms with Gasteiger partial charge in [0.15, 0.2) is 0 Å². The third-order valence-electron chi connectivity index (χ3n) is 2.87. The number of aromatic amines is 1. The van der Waals surface area contributed by atoms with E-state index in [-0.39, 0.29) is 5.75 Å². The molecule has 0 atom stereocenters. The predicted octanol–water partition coefficient (Wildman–Crippen LogP) is 2.96. The molecule has 0 amide bonds. The Morgan fingerprint density at radius 3 is 2.90 bits per heavy atom. The molecular formula is C14H17F2N3O. The molecule has 108 valence electrons. The molecule has 2 rings (SSSR count). The molecule has 0 radical (unpaired) electrons. The first-order valence-corrected chi connectivity index (χ1v) is 6.48. The number of halogens is 2. The maximum absolute atomic E-state index is 12.2. The third kappa shape index (κ3) is 4.03. The van der Waals surface area contributed by atoms with Crippen molar-refractivity contribution in [3.8, 4) is 17.0 Å². The Balaban J connectivity index is 2.07. The van der Waals surface area contributed by atoms with Crippen LogP contribution in [0.4, 0.5) is 8.78 Å². The molecule has 0 saturated heterocycles. The average molecular weight is 281 g/mol. The molecule has 3 N–H and O–H groups in total. The molecule has 1 heterocycles. The maximum Gasteiger partial charge on any atom is 0.387 e. The molecule has 0 unspecified atom stereocenters. The quantitative estimate of drug-likeness (QED) is 0.767. The van der Waals surface area contributed by atoms with Crippen molar-refractivity contribution < 1.29 is 13.5 Å². The lowest BCUT2D eigenvalue weighted by atomic mass is 10.1. The van der Waals surface area contributed by atoms with E-state index in [2.05, 4.69) is 14.7 Å². The van der Waals surface area contributed by atoms with Gasteiger partial charge in [0, 0.05) is 12.0 Å². The third-order valence-corrected chi connectivity index (χ3v) is 2.87. The van der Waals surface area contributed by atoms with Gasteiger partial charge in [0.05, 0.1) is 11.9 Å². The summed E-state index contributed by atoms with van der Waals surface area (Å²) in [5, 5.41) is 0. The summed E-state index contributed by atoms with van der Waals surface area (Å²) in [5.74, 6) is 1.01. The van der Waals surface area contributed by atoms with Crippen molar-refractivity contribution in [1.82, 2.24) is 9.97 Å². The first-order chi connectivity index (χ1) is 9.69. The van der Waals surface area contributed by atoms with Crippen LogP contribution in [0.25, 0.3) is 11.3 Å². The number of ether oxygens (including phenoxy) is 1. The molecule has 0 fully saturated rings. The average Bonchev–Trinajstić information content (AvgIpc) is 2.87. The monoisotopic (exact) mass is 281 g/mol. The fourth-order valence-corrected chi connectivity index (χ4v) is 1.91. The van der Waals surface area contributed by atoms with Crippen LogP contribution < -0.4 is 10.5 Å². The fourth-order valence-electron chi connectivity index (χ4n) is 1.91. The highest BCUT2D eigenvalue weighted by Crippen LogP contribution is 2.23. The van der Waals surface area contributed by atoms with Gasteiger partial charge in [0.2, 0.25) is 0 Å². The summed E-state index contributed by atoms with van der Waals surface area (Å²) in [6, 6.07) is 6.54. The van der Waals surface area contributed by atoms with Crippen LogP contribution in [0.3, 0.4) is 0 Å². The Kier molecular flexibility index (Phi) is 5.06. The Hall–Kier alpha value is -1.95. The number of aromatic nitrogens is 2. The number of imidazole rings is 1. The number of hydrogen-bond donors (Lipinski definition) is 2. The molecule has 20 heavy (non-hydrogen) atoms. The zero-order valence-electron chi connectivity index (χ0n) is 11.0. The number of nitrogens with one attached hydrogen (secondary N) is 1. The smallest absolute Gasteiger partial charge is 0.387 e. The van der Waals surface area contributed by atoms with Gasteiger partial charge < -0.3 is 15.5 Å². The van der Waals surface area contributed by atoms with Crippen LogP contribution in [0.5, 0.6) is 5.75 Å². The van der Waals surface area contributed by atoms with Crippen LogP contribution in [-0.4, -0.2) is 23.1 Å². The molecule has 1 aromatic carbocycles. The molecule has 0 spiro atoms. The molecule has 2 aromatic rings. The van der Waals surface area contributed by atoms with Crippen molar-refractivity contribution in [3.63, 3.8) is 0 Å². The molecule has 6 heteroatoms. The molecule has 0 aliphatic rings. The van der Waals surface area contributed by atoms with E-state index in [9.17, 15) is 8.78 Å². The summed E-state index contributed by atoms with van der Waals surface area (Å²) in [6.45, 7) is -2.15. The predicted molar refractivity (Wildman–Crippen MR) is 72.6 cm³/mol. The summed E-state index contributed by atoms with van der Waals surface area (Å²) in [7, 11) is 0. The molecule has 0 aliphatic carbocycles. The first kappa shape index (κ1) is 14.5. The van der Waals surface area contributed by atoms with Crippen LogP contribution in [0.1, 0.15) is 18.7 Å². The minimum Gasteiger partial charge on any atom is -0.435 e. The van der Waals surface area contributed by atoms with Crippen molar-refractivity contribution in [2.75, 3.05) is 6.54 Å². The van der Waals surface area contributed by atoms with Crippen LogP contribution in [0, 0.1) is 0 Å². The zero-order chi connectivity index (χ0) is 14.4. The highest BCUT2D eigenvalue weighted by atomic mass is 19.3. The number of benzene rings is 1. The van der Waals surface area contributed by atoms with E-state index in [1.807, 2.05) is 6.07 Å². The Bertz CT molecular complexity index is 543. The normalized spacial score (nSPS) is 11.0. The SMILES string of the molecule is NCCCCc1ncc(-c2cccc(OC(F)F)c2)[nH]1. The van der Waals surface area contributed by atoms with E-state index in [1.54, 1.807) is 18.3 Å². The number of rotatable bonds is 7. The van der Waals surface area contributed by atoms with Crippen LogP contribution in [-0.2, 0) is 6.42 Å². The number of hydrogen-bond acceptors (Lipinski definition) is 3.